The number of benzene rings is 1. The van der Waals surface area contributed by atoms with Crippen molar-refractivity contribution in [3.8, 4) is 6.07 Å². The molecule has 0 aliphatic heterocycles. The number of amides is 1. The highest BCUT2D eigenvalue weighted by Crippen LogP contribution is 2.11. The van der Waals surface area contributed by atoms with Gasteiger partial charge in [0.25, 0.3) is 0 Å². The van der Waals surface area contributed by atoms with Gasteiger partial charge in [-0.05, 0) is 29.8 Å². The molecule has 0 aliphatic carbocycles. The Morgan fingerprint density at radius 3 is 2.61 bits per heavy atom. The van der Waals surface area contributed by atoms with Crippen LogP contribution in [0.15, 0.2) is 23.9 Å². The molecule has 1 amide bonds. The van der Waals surface area contributed by atoms with Crippen LogP contribution in [0.4, 0.5) is 4.39 Å². The van der Waals surface area contributed by atoms with Gasteiger partial charge in [-0.1, -0.05) is 0 Å². The minimum atomic E-state index is -1.35. The number of nitrogens with zero attached hydrogens (tertiary/aromatic N) is 1. The Labute approximate surface area is 102 Å². The quantitative estimate of drug-likeness (QED) is 0.788. The Hall–Kier alpha value is -2.68. The van der Waals surface area contributed by atoms with Crippen LogP contribution >= 0.6 is 0 Å². The number of nitrogens with one attached hydrogen (secondary N) is 1. The number of nitriles is 1. The molecule has 0 aliphatic rings. The third-order valence-corrected chi connectivity index (χ3v) is 1.90. The minimum absolute atomic E-state index is 0.0637. The maximum Gasteiger partial charge on any atom is 0.352 e. The molecule has 1 rings (SSSR count). The average molecular weight is 248 g/mol. The maximum atomic E-state index is 13.1. The Kier molecular flexibility index (Phi) is 4.16. The summed E-state index contributed by atoms with van der Waals surface area (Å²) in [7, 11) is 0. The van der Waals surface area contributed by atoms with Crippen molar-refractivity contribution in [3.63, 3.8) is 0 Å². The Bertz CT molecular complexity index is 573. The lowest BCUT2D eigenvalue weighted by molar-refractivity contribution is -0.134. The van der Waals surface area contributed by atoms with Gasteiger partial charge in [-0.25, -0.2) is 9.18 Å². The van der Waals surface area contributed by atoms with Crippen molar-refractivity contribution in [1.82, 2.24) is 5.32 Å². The van der Waals surface area contributed by atoms with Gasteiger partial charge in [0.05, 0.1) is 11.6 Å². The van der Waals surface area contributed by atoms with E-state index < -0.39 is 23.4 Å². The monoisotopic (exact) mass is 248 g/mol. The maximum absolute atomic E-state index is 13.1. The fourth-order valence-electron chi connectivity index (χ4n) is 1.27. The van der Waals surface area contributed by atoms with Crippen molar-refractivity contribution < 1.29 is 19.1 Å². The molecule has 0 fully saturated rings. The van der Waals surface area contributed by atoms with E-state index in [-0.39, 0.29) is 11.1 Å². The van der Waals surface area contributed by atoms with Gasteiger partial charge in [0, 0.05) is 6.92 Å². The fourth-order valence-corrected chi connectivity index (χ4v) is 1.27. The summed E-state index contributed by atoms with van der Waals surface area (Å²) in [5.41, 5.74) is -0.150. The second-order valence-electron chi connectivity index (χ2n) is 3.43. The van der Waals surface area contributed by atoms with E-state index >= 15 is 0 Å². The van der Waals surface area contributed by atoms with E-state index in [1.165, 1.54) is 6.07 Å². The van der Waals surface area contributed by atoms with Crippen LogP contribution in [0.1, 0.15) is 18.1 Å². The second kappa shape index (κ2) is 5.59. The van der Waals surface area contributed by atoms with Gasteiger partial charge in [-0.15, -0.1) is 0 Å². The van der Waals surface area contributed by atoms with Gasteiger partial charge in [0.15, 0.2) is 0 Å². The molecule has 2 N–H and O–H groups in total. The van der Waals surface area contributed by atoms with Crippen LogP contribution in [0.2, 0.25) is 0 Å². The molecule has 1 aromatic rings. The van der Waals surface area contributed by atoms with Crippen LogP contribution in [-0.4, -0.2) is 17.0 Å². The van der Waals surface area contributed by atoms with Gasteiger partial charge in [0.1, 0.15) is 11.5 Å². The Balaban J connectivity index is 3.20. The number of halogens is 1. The number of carbonyl (C=O) groups excluding carboxylic acids is 1. The van der Waals surface area contributed by atoms with E-state index in [1.54, 1.807) is 6.07 Å². The minimum Gasteiger partial charge on any atom is -0.477 e. The molecule has 5 nitrogen and oxygen atoms in total. The van der Waals surface area contributed by atoms with E-state index in [4.69, 9.17) is 10.4 Å². The molecule has 0 radical (unpaired) electrons. The molecule has 0 spiro atoms. The highest BCUT2D eigenvalue weighted by atomic mass is 19.1. The summed E-state index contributed by atoms with van der Waals surface area (Å²) < 4.78 is 13.1. The van der Waals surface area contributed by atoms with E-state index in [9.17, 15) is 14.0 Å². The number of hydrogen-bond acceptors (Lipinski definition) is 3. The van der Waals surface area contributed by atoms with Gasteiger partial charge in [-0.3, -0.25) is 4.79 Å². The van der Waals surface area contributed by atoms with Crippen molar-refractivity contribution in [3.05, 3.63) is 40.8 Å². The summed E-state index contributed by atoms with van der Waals surface area (Å²) in [4.78, 5) is 21.6. The molecular formula is C12H9FN2O3. The first-order valence-electron chi connectivity index (χ1n) is 4.85. The van der Waals surface area contributed by atoms with Crippen molar-refractivity contribution in [2.24, 2.45) is 0 Å². The number of hydrogen-bond donors (Lipinski definition) is 2. The SMILES string of the molecule is CC(=O)N/C(=C/c1cc(F)cc(C#N)c1)C(=O)O. The second-order valence-corrected chi connectivity index (χ2v) is 3.43. The normalized spacial score (nSPS) is 10.6. The molecule has 1 aromatic carbocycles. The summed E-state index contributed by atoms with van der Waals surface area (Å²) in [5.74, 6) is -2.57. The zero-order chi connectivity index (χ0) is 13.7. The highest BCUT2D eigenvalue weighted by molar-refractivity contribution is 5.96. The van der Waals surface area contributed by atoms with Crippen LogP contribution in [0.25, 0.3) is 6.08 Å². The highest BCUT2D eigenvalue weighted by Gasteiger charge is 2.09. The Morgan fingerprint density at radius 1 is 1.44 bits per heavy atom. The lowest BCUT2D eigenvalue weighted by atomic mass is 10.1. The van der Waals surface area contributed by atoms with E-state index in [0.717, 1.165) is 25.1 Å². The number of carboxylic acid groups (broad SMARTS) is 1. The molecular weight excluding hydrogens is 239 g/mol. The standard InChI is InChI=1S/C12H9FN2O3/c1-7(16)15-11(12(17)18)5-8-2-9(6-14)4-10(13)3-8/h2-5H,1H3,(H,15,16)(H,17,18)/b11-5+. The van der Waals surface area contributed by atoms with Gasteiger partial charge in [0.2, 0.25) is 5.91 Å². The molecule has 0 saturated heterocycles. The lowest BCUT2D eigenvalue weighted by Gasteiger charge is -2.03. The summed E-state index contributed by atoms with van der Waals surface area (Å²) in [5, 5.41) is 19.6. The molecule has 0 unspecified atom stereocenters. The molecule has 0 heterocycles. The molecule has 0 saturated carbocycles. The number of carbonyl (C=O) groups is 2. The molecule has 0 aromatic heterocycles. The molecule has 92 valence electrons. The fraction of sp³-hybridized carbons (Fsp3) is 0.0833. The molecule has 18 heavy (non-hydrogen) atoms. The topological polar surface area (TPSA) is 90.2 Å². The summed E-state index contributed by atoms with van der Waals surface area (Å²) >= 11 is 0. The Morgan fingerprint density at radius 2 is 2.11 bits per heavy atom. The van der Waals surface area contributed by atoms with Gasteiger partial charge < -0.3 is 10.4 Å². The summed E-state index contributed by atoms with van der Waals surface area (Å²) in [6.45, 7) is 1.16. The zero-order valence-corrected chi connectivity index (χ0v) is 9.40. The first-order valence-corrected chi connectivity index (χ1v) is 4.85. The molecule has 6 heteroatoms. The van der Waals surface area contributed by atoms with Crippen LogP contribution in [-0.2, 0) is 9.59 Å². The van der Waals surface area contributed by atoms with Gasteiger partial charge >= 0.3 is 5.97 Å². The average Bonchev–Trinajstić information content (AvgIpc) is 2.26. The first kappa shape index (κ1) is 13.4. The van der Waals surface area contributed by atoms with Crippen molar-refractivity contribution >= 4 is 18.0 Å². The summed E-state index contributed by atoms with van der Waals surface area (Å²) in [6.07, 6.45) is 1.08. The van der Waals surface area contributed by atoms with Crippen molar-refractivity contribution in [2.45, 2.75) is 6.92 Å². The molecule has 0 bridgehead atoms. The zero-order valence-electron chi connectivity index (χ0n) is 9.40. The third-order valence-electron chi connectivity index (χ3n) is 1.90. The van der Waals surface area contributed by atoms with Crippen LogP contribution in [0.3, 0.4) is 0 Å². The predicted octanol–water partition coefficient (Wildman–Crippen LogP) is 1.26. The van der Waals surface area contributed by atoms with Crippen LogP contribution in [0.5, 0.6) is 0 Å². The van der Waals surface area contributed by atoms with Gasteiger partial charge in [-0.2, -0.15) is 5.26 Å². The van der Waals surface area contributed by atoms with Crippen molar-refractivity contribution in [2.75, 3.05) is 0 Å². The number of rotatable bonds is 3. The number of aliphatic carboxylic acids is 1. The largest absolute Gasteiger partial charge is 0.477 e. The predicted molar refractivity (Wildman–Crippen MR) is 60.5 cm³/mol. The summed E-state index contributed by atoms with van der Waals surface area (Å²) in [6, 6.07) is 5.15. The molecule has 0 atom stereocenters. The third kappa shape index (κ3) is 3.72. The number of carboxylic acids is 1. The smallest absolute Gasteiger partial charge is 0.352 e. The van der Waals surface area contributed by atoms with E-state index in [2.05, 4.69) is 5.32 Å². The van der Waals surface area contributed by atoms with Crippen LogP contribution in [0, 0.1) is 17.1 Å². The van der Waals surface area contributed by atoms with Crippen molar-refractivity contribution in [1.29, 1.82) is 5.26 Å². The lowest BCUT2D eigenvalue weighted by Crippen LogP contribution is -2.24. The van der Waals surface area contributed by atoms with Crippen LogP contribution < -0.4 is 5.32 Å². The van der Waals surface area contributed by atoms with E-state index in [0.29, 0.717) is 0 Å². The van der Waals surface area contributed by atoms with E-state index in [1.807, 2.05) is 0 Å². The first-order chi connectivity index (χ1) is 8.42.